The third kappa shape index (κ3) is 5.42. The molecular weight excluding hydrogens is 264 g/mol. The molecule has 2 saturated carbocycles. The molecule has 0 aromatic heterocycles. The summed E-state index contributed by atoms with van der Waals surface area (Å²) in [6, 6.07) is 10.4. The summed E-state index contributed by atoms with van der Waals surface area (Å²) in [6.07, 6.45) is 8.27. The van der Waals surface area contributed by atoms with Gasteiger partial charge < -0.3 is 14.2 Å². The monoisotopic (exact) mass is 290 g/mol. The zero-order valence-electron chi connectivity index (χ0n) is 12.7. The SMILES string of the molecule is c1ccc(CO[C@H]2CC[C@@H](OCCOC3CC3)CC2)cc1. The fraction of sp³-hybridized carbons (Fsp3) is 0.667. The van der Waals surface area contributed by atoms with Crippen molar-refractivity contribution in [3.8, 4) is 0 Å². The average molecular weight is 290 g/mol. The van der Waals surface area contributed by atoms with Crippen LogP contribution in [0.4, 0.5) is 0 Å². The van der Waals surface area contributed by atoms with E-state index in [1.165, 1.54) is 18.4 Å². The first-order chi connectivity index (χ1) is 10.4. The fourth-order valence-corrected chi connectivity index (χ4v) is 2.82. The molecule has 2 fully saturated rings. The molecule has 0 amide bonds. The zero-order valence-corrected chi connectivity index (χ0v) is 12.7. The van der Waals surface area contributed by atoms with E-state index in [-0.39, 0.29) is 0 Å². The van der Waals surface area contributed by atoms with Gasteiger partial charge in [-0.3, -0.25) is 0 Å². The Morgan fingerprint density at radius 1 is 0.667 bits per heavy atom. The van der Waals surface area contributed by atoms with Crippen molar-refractivity contribution < 1.29 is 14.2 Å². The van der Waals surface area contributed by atoms with Crippen LogP contribution in [-0.4, -0.2) is 31.5 Å². The van der Waals surface area contributed by atoms with Gasteiger partial charge in [-0.15, -0.1) is 0 Å². The van der Waals surface area contributed by atoms with Crippen molar-refractivity contribution in [2.45, 2.75) is 63.4 Å². The summed E-state index contributed by atoms with van der Waals surface area (Å²) >= 11 is 0. The van der Waals surface area contributed by atoms with Crippen molar-refractivity contribution >= 4 is 0 Å². The molecule has 0 spiro atoms. The Balaban J connectivity index is 1.26. The minimum Gasteiger partial charge on any atom is -0.376 e. The molecule has 0 bridgehead atoms. The lowest BCUT2D eigenvalue weighted by molar-refractivity contribution is -0.0510. The maximum Gasteiger partial charge on any atom is 0.0720 e. The van der Waals surface area contributed by atoms with E-state index in [4.69, 9.17) is 14.2 Å². The summed E-state index contributed by atoms with van der Waals surface area (Å²) in [5.41, 5.74) is 1.26. The third-order valence-electron chi connectivity index (χ3n) is 4.26. The van der Waals surface area contributed by atoms with Crippen LogP contribution in [0.3, 0.4) is 0 Å². The molecule has 2 aliphatic rings. The Bertz CT molecular complexity index is 394. The molecule has 3 nitrogen and oxygen atoms in total. The Morgan fingerprint density at radius 3 is 1.67 bits per heavy atom. The number of rotatable bonds is 8. The standard InChI is InChI=1S/C18H26O3/c1-2-4-15(5-3-1)14-21-18-10-8-17(9-11-18)20-13-12-19-16-6-7-16/h1-5,16-18H,6-14H2/t17-,18+. The summed E-state index contributed by atoms with van der Waals surface area (Å²) in [4.78, 5) is 0. The van der Waals surface area contributed by atoms with Gasteiger partial charge in [-0.25, -0.2) is 0 Å². The van der Waals surface area contributed by atoms with E-state index in [9.17, 15) is 0 Å². The molecule has 21 heavy (non-hydrogen) atoms. The number of ether oxygens (including phenoxy) is 3. The molecule has 0 heterocycles. The number of hydrogen-bond acceptors (Lipinski definition) is 3. The molecule has 2 aliphatic carbocycles. The van der Waals surface area contributed by atoms with E-state index in [2.05, 4.69) is 24.3 Å². The van der Waals surface area contributed by atoms with Gasteiger partial charge in [-0.2, -0.15) is 0 Å². The molecule has 3 rings (SSSR count). The quantitative estimate of drug-likeness (QED) is 0.683. The maximum atomic E-state index is 6.00. The van der Waals surface area contributed by atoms with Gasteiger partial charge in [0.2, 0.25) is 0 Å². The highest BCUT2D eigenvalue weighted by molar-refractivity contribution is 5.13. The predicted octanol–water partition coefficient (Wildman–Crippen LogP) is 3.71. The topological polar surface area (TPSA) is 27.7 Å². The molecular formula is C18H26O3. The van der Waals surface area contributed by atoms with Gasteiger partial charge in [0.25, 0.3) is 0 Å². The van der Waals surface area contributed by atoms with Gasteiger partial charge in [0, 0.05) is 0 Å². The van der Waals surface area contributed by atoms with E-state index in [0.717, 1.165) is 45.5 Å². The van der Waals surface area contributed by atoms with Crippen molar-refractivity contribution in [3.05, 3.63) is 35.9 Å². The maximum absolute atomic E-state index is 6.00. The van der Waals surface area contributed by atoms with Crippen molar-refractivity contribution in [1.82, 2.24) is 0 Å². The Kier molecular flexibility index (Phi) is 5.67. The lowest BCUT2D eigenvalue weighted by atomic mass is 9.95. The van der Waals surface area contributed by atoms with E-state index >= 15 is 0 Å². The molecule has 0 atom stereocenters. The van der Waals surface area contributed by atoms with Gasteiger partial charge in [0.1, 0.15) is 0 Å². The Morgan fingerprint density at radius 2 is 1.14 bits per heavy atom. The van der Waals surface area contributed by atoms with E-state index in [1.54, 1.807) is 0 Å². The highest BCUT2D eigenvalue weighted by Crippen LogP contribution is 2.25. The molecule has 0 radical (unpaired) electrons. The van der Waals surface area contributed by atoms with Crippen LogP contribution in [0.5, 0.6) is 0 Å². The van der Waals surface area contributed by atoms with Crippen LogP contribution in [0, 0.1) is 0 Å². The van der Waals surface area contributed by atoms with Crippen LogP contribution in [0.15, 0.2) is 30.3 Å². The summed E-state index contributed by atoms with van der Waals surface area (Å²) in [6.45, 7) is 2.23. The predicted molar refractivity (Wildman–Crippen MR) is 82.2 cm³/mol. The average Bonchev–Trinajstić information content (AvgIpc) is 3.36. The van der Waals surface area contributed by atoms with Crippen molar-refractivity contribution in [3.63, 3.8) is 0 Å². The summed E-state index contributed by atoms with van der Waals surface area (Å²) in [5.74, 6) is 0. The summed E-state index contributed by atoms with van der Waals surface area (Å²) < 4.78 is 17.5. The first-order valence-corrected chi connectivity index (χ1v) is 8.29. The lowest BCUT2D eigenvalue weighted by Crippen LogP contribution is -2.27. The molecule has 1 aromatic carbocycles. The Labute approximate surface area is 127 Å². The van der Waals surface area contributed by atoms with Crippen LogP contribution in [-0.2, 0) is 20.8 Å². The van der Waals surface area contributed by atoms with Gasteiger partial charge in [0.15, 0.2) is 0 Å². The molecule has 0 saturated heterocycles. The Hall–Kier alpha value is -0.900. The second kappa shape index (κ2) is 7.92. The molecule has 0 unspecified atom stereocenters. The van der Waals surface area contributed by atoms with Crippen LogP contribution < -0.4 is 0 Å². The summed E-state index contributed by atoms with van der Waals surface area (Å²) in [5, 5.41) is 0. The van der Waals surface area contributed by atoms with Crippen molar-refractivity contribution in [2.24, 2.45) is 0 Å². The van der Waals surface area contributed by atoms with E-state index < -0.39 is 0 Å². The van der Waals surface area contributed by atoms with Gasteiger partial charge in [0.05, 0.1) is 38.1 Å². The molecule has 3 heteroatoms. The third-order valence-corrected chi connectivity index (χ3v) is 4.26. The first-order valence-electron chi connectivity index (χ1n) is 8.29. The number of hydrogen-bond donors (Lipinski definition) is 0. The van der Waals surface area contributed by atoms with E-state index in [1.807, 2.05) is 6.07 Å². The summed E-state index contributed by atoms with van der Waals surface area (Å²) in [7, 11) is 0. The van der Waals surface area contributed by atoms with Crippen molar-refractivity contribution in [1.29, 1.82) is 0 Å². The highest BCUT2D eigenvalue weighted by Gasteiger charge is 2.23. The van der Waals surface area contributed by atoms with E-state index in [0.29, 0.717) is 18.3 Å². The highest BCUT2D eigenvalue weighted by atomic mass is 16.5. The second-order valence-corrected chi connectivity index (χ2v) is 6.14. The van der Waals surface area contributed by atoms with Gasteiger partial charge in [-0.1, -0.05) is 30.3 Å². The first kappa shape index (κ1) is 15.0. The van der Waals surface area contributed by atoms with Crippen LogP contribution in [0.1, 0.15) is 44.1 Å². The lowest BCUT2D eigenvalue weighted by Gasteiger charge is -2.28. The normalized spacial score (nSPS) is 25.9. The number of benzene rings is 1. The molecule has 0 N–H and O–H groups in total. The van der Waals surface area contributed by atoms with Gasteiger partial charge in [-0.05, 0) is 44.1 Å². The second-order valence-electron chi connectivity index (χ2n) is 6.14. The van der Waals surface area contributed by atoms with Crippen LogP contribution in [0.2, 0.25) is 0 Å². The molecule has 0 aliphatic heterocycles. The largest absolute Gasteiger partial charge is 0.376 e. The van der Waals surface area contributed by atoms with Crippen molar-refractivity contribution in [2.75, 3.05) is 13.2 Å². The molecule has 1 aromatic rings. The minimum atomic E-state index is 0.396. The van der Waals surface area contributed by atoms with Crippen LogP contribution >= 0.6 is 0 Å². The molecule has 116 valence electrons. The smallest absolute Gasteiger partial charge is 0.0720 e. The zero-order chi connectivity index (χ0) is 14.3. The van der Waals surface area contributed by atoms with Crippen LogP contribution in [0.25, 0.3) is 0 Å². The minimum absolute atomic E-state index is 0.396. The fourth-order valence-electron chi connectivity index (χ4n) is 2.82. The van der Waals surface area contributed by atoms with Gasteiger partial charge >= 0.3 is 0 Å².